The average Bonchev–Trinajstić information content (AvgIpc) is 3.22. The summed E-state index contributed by atoms with van der Waals surface area (Å²) in [6.45, 7) is 10.5. The predicted molar refractivity (Wildman–Crippen MR) is 123 cm³/mol. The summed E-state index contributed by atoms with van der Waals surface area (Å²) in [4.78, 5) is 37.6. The molecule has 0 spiro atoms. The smallest absolute Gasteiger partial charge is 0.336 e. The van der Waals surface area contributed by atoms with Crippen molar-refractivity contribution in [3.05, 3.63) is 22.8 Å². The molecule has 0 radical (unpaired) electrons. The van der Waals surface area contributed by atoms with E-state index in [9.17, 15) is 19.5 Å². The van der Waals surface area contributed by atoms with Crippen molar-refractivity contribution in [3.63, 3.8) is 0 Å². The van der Waals surface area contributed by atoms with Crippen molar-refractivity contribution in [2.24, 2.45) is 5.92 Å². The summed E-state index contributed by atoms with van der Waals surface area (Å²) < 4.78 is 23.6. The van der Waals surface area contributed by atoms with Gasteiger partial charge in [0.05, 0.1) is 11.7 Å². The molecule has 6 atom stereocenters. The normalized spacial score (nSPS) is 38.0. The molecule has 0 unspecified atom stereocenters. The van der Waals surface area contributed by atoms with Crippen LogP contribution >= 0.6 is 0 Å². The fourth-order valence-corrected chi connectivity index (χ4v) is 5.35. The summed E-state index contributed by atoms with van der Waals surface area (Å²) in [5.74, 6) is -3.55. The lowest BCUT2D eigenvalue weighted by Crippen LogP contribution is -2.54. The number of fused-ring (bicyclic) bond motifs is 3. The van der Waals surface area contributed by atoms with Crippen LogP contribution in [0.4, 0.5) is 0 Å². The first-order chi connectivity index (χ1) is 15.9. The lowest BCUT2D eigenvalue weighted by Gasteiger charge is -2.40. The number of carbonyl (C=O) groups is 3. The van der Waals surface area contributed by atoms with Gasteiger partial charge in [-0.3, -0.25) is 9.59 Å². The Morgan fingerprint density at radius 2 is 1.94 bits per heavy atom. The van der Waals surface area contributed by atoms with E-state index in [0.29, 0.717) is 12.8 Å². The van der Waals surface area contributed by atoms with Gasteiger partial charge < -0.3 is 24.1 Å². The summed E-state index contributed by atoms with van der Waals surface area (Å²) in [5, 5.41) is 11.6. The zero-order valence-electron chi connectivity index (χ0n) is 21.1. The van der Waals surface area contributed by atoms with Crippen LogP contribution in [0.15, 0.2) is 22.8 Å². The Kier molecular flexibility index (Phi) is 7.92. The van der Waals surface area contributed by atoms with Crippen molar-refractivity contribution >= 4 is 17.9 Å². The largest absolute Gasteiger partial charge is 0.455 e. The number of carbonyl (C=O) groups excluding carboxylic acids is 3. The Bertz CT molecular complexity index is 889. The Morgan fingerprint density at radius 1 is 1.24 bits per heavy atom. The highest BCUT2D eigenvalue weighted by Crippen LogP contribution is 2.46. The highest BCUT2D eigenvalue weighted by atomic mass is 16.7. The Hall–Kier alpha value is -2.19. The second-order valence-electron chi connectivity index (χ2n) is 10.2. The third-order valence-corrected chi connectivity index (χ3v) is 7.17. The van der Waals surface area contributed by atoms with Gasteiger partial charge in [0.2, 0.25) is 5.79 Å². The van der Waals surface area contributed by atoms with Crippen LogP contribution < -0.4 is 0 Å². The molecular formula is C26H38O8. The quantitative estimate of drug-likeness (QED) is 0.368. The van der Waals surface area contributed by atoms with Gasteiger partial charge in [-0.25, -0.2) is 4.79 Å². The van der Waals surface area contributed by atoms with Crippen LogP contribution in [0.3, 0.4) is 0 Å². The molecule has 8 heteroatoms. The fraction of sp³-hybridized carbons (Fsp3) is 0.731. The number of hydrogen-bond donors (Lipinski definition) is 1. The molecule has 0 amide bonds. The molecular weight excluding hydrogens is 440 g/mol. The van der Waals surface area contributed by atoms with Gasteiger partial charge in [-0.1, -0.05) is 25.5 Å². The van der Waals surface area contributed by atoms with E-state index in [1.807, 2.05) is 26.8 Å². The summed E-state index contributed by atoms with van der Waals surface area (Å²) in [7, 11) is 0. The minimum atomic E-state index is -2.02. The van der Waals surface area contributed by atoms with Gasteiger partial charge in [0, 0.05) is 25.3 Å². The lowest BCUT2D eigenvalue weighted by molar-refractivity contribution is -0.206. The van der Waals surface area contributed by atoms with Gasteiger partial charge >= 0.3 is 17.9 Å². The first kappa shape index (κ1) is 26.4. The van der Waals surface area contributed by atoms with Crippen molar-refractivity contribution < 1.29 is 38.4 Å². The Labute approximate surface area is 201 Å². The number of aliphatic hydroxyl groups is 1. The third-order valence-electron chi connectivity index (χ3n) is 7.17. The molecule has 3 aliphatic heterocycles. The molecule has 1 fully saturated rings. The molecule has 0 aromatic carbocycles. The van der Waals surface area contributed by atoms with Crippen molar-refractivity contribution in [1.82, 2.24) is 0 Å². The van der Waals surface area contributed by atoms with Gasteiger partial charge in [0.15, 0.2) is 12.2 Å². The number of esters is 3. The van der Waals surface area contributed by atoms with Crippen molar-refractivity contribution in [3.8, 4) is 0 Å². The van der Waals surface area contributed by atoms with E-state index in [4.69, 9.17) is 18.9 Å². The minimum absolute atomic E-state index is 0.0232. The molecule has 0 aromatic heterocycles. The zero-order valence-corrected chi connectivity index (χ0v) is 21.1. The summed E-state index contributed by atoms with van der Waals surface area (Å²) in [5.41, 5.74) is 0.108. The summed E-state index contributed by atoms with van der Waals surface area (Å²) in [6, 6.07) is 0. The first-order valence-corrected chi connectivity index (χ1v) is 12.3. The van der Waals surface area contributed by atoms with Gasteiger partial charge in [0.1, 0.15) is 5.60 Å². The average molecular weight is 479 g/mol. The molecule has 1 N–H and O–H groups in total. The molecule has 2 bridgehead atoms. The van der Waals surface area contributed by atoms with E-state index in [-0.39, 0.29) is 36.0 Å². The number of ether oxygens (including phenoxy) is 4. The van der Waals surface area contributed by atoms with Crippen LogP contribution in [0.1, 0.15) is 86.5 Å². The molecule has 34 heavy (non-hydrogen) atoms. The first-order valence-electron chi connectivity index (χ1n) is 12.3. The highest BCUT2D eigenvalue weighted by Gasteiger charge is 2.57. The van der Waals surface area contributed by atoms with E-state index >= 15 is 0 Å². The Balaban J connectivity index is 2.20. The van der Waals surface area contributed by atoms with Crippen molar-refractivity contribution in [1.29, 1.82) is 0 Å². The molecule has 0 aliphatic carbocycles. The maximum atomic E-state index is 12.7. The van der Waals surface area contributed by atoms with Crippen LogP contribution in [-0.4, -0.2) is 52.7 Å². The molecule has 3 heterocycles. The van der Waals surface area contributed by atoms with E-state index in [1.54, 1.807) is 0 Å². The fourth-order valence-electron chi connectivity index (χ4n) is 5.35. The molecule has 3 rings (SSSR count). The second-order valence-corrected chi connectivity index (χ2v) is 10.2. The number of allylic oxidation sites excluding steroid dienone is 1. The monoisotopic (exact) mass is 478 g/mol. The minimum Gasteiger partial charge on any atom is -0.455 e. The van der Waals surface area contributed by atoms with Crippen LogP contribution in [-0.2, 0) is 33.3 Å². The van der Waals surface area contributed by atoms with E-state index in [0.717, 1.165) is 24.8 Å². The standard InChI is InChI=1S/C26H38O8/c1-7-9-20(28)32-22-21-17(4)24(29)34-26(21,30)14-15(2)10-8-11-16(3)19-12-13-25(6,33-19)23(22)31-18(5)27/h10,16,19,22-23,30H,7-9,11-14H2,1-6H3/b15-10+/t16-,19+,22-,23+,25+,26+/m1/s1. The summed E-state index contributed by atoms with van der Waals surface area (Å²) >= 11 is 0. The van der Waals surface area contributed by atoms with Crippen LogP contribution in [0.25, 0.3) is 0 Å². The van der Waals surface area contributed by atoms with E-state index < -0.39 is 41.5 Å². The molecule has 190 valence electrons. The molecule has 1 saturated heterocycles. The van der Waals surface area contributed by atoms with E-state index in [1.165, 1.54) is 13.8 Å². The topological polar surface area (TPSA) is 108 Å². The van der Waals surface area contributed by atoms with Crippen molar-refractivity contribution in [2.75, 3.05) is 0 Å². The predicted octanol–water partition coefficient (Wildman–Crippen LogP) is 3.90. The SMILES string of the molecule is CCCC(=O)O[C@@H]1C2=C(C)C(=O)O[C@@]2(O)C/C(C)=C/CC[C@@H](C)[C@@H]2CC[C@](C)(O2)[C@H]1OC(C)=O. The highest BCUT2D eigenvalue weighted by molar-refractivity contribution is 5.92. The van der Waals surface area contributed by atoms with Gasteiger partial charge in [-0.15, -0.1) is 0 Å². The van der Waals surface area contributed by atoms with Gasteiger partial charge in [-0.05, 0) is 58.8 Å². The van der Waals surface area contributed by atoms with E-state index in [2.05, 4.69) is 6.92 Å². The molecule has 0 saturated carbocycles. The number of hydrogen-bond acceptors (Lipinski definition) is 8. The maximum absolute atomic E-state index is 12.7. The third kappa shape index (κ3) is 5.38. The number of rotatable bonds is 4. The molecule has 0 aromatic rings. The van der Waals surface area contributed by atoms with Crippen LogP contribution in [0.5, 0.6) is 0 Å². The van der Waals surface area contributed by atoms with Gasteiger partial charge in [-0.2, -0.15) is 0 Å². The second kappa shape index (κ2) is 10.2. The summed E-state index contributed by atoms with van der Waals surface area (Å²) in [6.07, 6.45) is 3.36. The maximum Gasteiger partial charge on any atom is 0.336 e. The molecule has 8 nitrogen and oxygen atoms in total. The molecule has 3 aliphatic rings. The van der Waals surface area contributed by atoms with Gasteiger partial charge in [0.25, 0.3) is 0 Å². The zero-order chi connectivity index (χ0) is 25.3. The lowest BCUT2D eigenvalue weighted by atomic mass is 9.82. The van der Waals surface area contributed by atoms with Crippen molar-refractivity contribution in [2.45, 2.75) is 116 Å². The van der Waals surface area contributed by atoms with Crippen LogP contribution in [0.2, 0.25) is 0 Å². The van der Waals surface area contributed by atoms with Crippen LogP contribution in [0, 0.1) is 5.92 Å². The Morgan fingerprint density at radius 3 is 2.59 bits per heavy atom.